The third kappa shape index (κ3) is 5.31. The fraction of sp³-hybridized carbons (Fsp3) is 0.360. The number of hydrogen-bond donors (Lipinski definition) is 0. The summed E-state index contributed by atoms with van der Waals surface area (Å²) in [6.45, 7) is 2.59. The van der Waals surface area contributed by atoms with E-state index in [0.717, 1.165) is 31.2 Å². The van der Waals surface area contributed by atoms with Crippen LogP contribution in [-0.4, -0.2) is 37.5 Å². The number of imide groups is 1. The molecule has 5 nitrogen and oxygen atoms in total. The predicted molar refractivity (Wildman–Crippen MR) is 125 cm³/mol. The van der Waals surface area contributed by atoms with E-state index in [1.807, 2.05) is 36.4 Å². The second kappa shape index (κ2) is 11.0. The molecule has 2 aromatic rings. The van der Waals surface area contributed by atoms with Crippen molar-refractivity contribution in [2.45, 2.75) is 38.4 Å². The highest BCUT2D eigenvalue weighted by Gasteiger charge is 2.39. The Morgan fingerprint density at radius 3 is 2.29 bits per heavy atom. The highest BCUT2D eigenvalue weighted by atomic mass is 32.2. The smallest absolute Gasteiger partial charge is 0.267 e. The van der Waals surface area contributed by atoms with Gasteiger partial charge in [0.25, 0.3) is 11.8 Å². The summed E-state index contributed by atoms with van der Waals surface area (Å²) in [5.74, 6) is 1.30. The van der Waals surface area contributed by atoms with E-state index in [1.165, 1.54) is 16.7 Å². The SMILES string of the molecule is CCCCCCN1C(=O)C(SCc2ccccc2)=C(c2ccc(OC)c(OC)c2)C1=O. The third-order valence-corrected chi connectivity index (χ3v) is 6.40. The van der Waals surface area contributed by atoms with Gasteiger partial charge in [-0.2, -0.15) is 0 Å². The highest BCUT2D eigenvalue weighted by Crippen LogP contribution is 2.40. The van der Waals surface area contributed by atoms with Crippen LogP contribution in [0.1, 0.15) is 43.7 Å². The maximum Gasteiger partial charge on any atom is 0.267 e. The van der Waals surface area contributed by atoms with Crippen molar-refractivity contribution < 1.29 is 19.1 Å². The number of carbonyl (C=O) groups is 2. The number of ether oxygens (including phenoxy) is 2. The number of unbranched alkanes of at least 4 members (excludes halogenated alkanes) is 3. The topological polar surface area (TPSA) is 55.8 Å². The third-order valence-electron chi connectivity index (χ3n) is 5.26. The quantitative estimate of drug-likeness (QED) is 0.351. The van der Waals surface area contributed by atoms with Crippen LogP contribution >= 0.6 is 11.8 Å². The average molecular weight is 440 g/mol. The molecule has 0 aromatic heterocycles. The number of methoxy groups -OCH3 is 2. The lowest BCUT2D eigenvalue weighted by atomic mass is 10.1. The standard InChI is InChI=1S/C25H29NO4S/c1-4-5-6-10-15-26-24(27)22(19-13-14-20(29-2)21(16-19)30-3)23(25(26)28)31-17-18-11-8-7-9-12-18/h7-9,11-14,16H,4-6,10,15,17H2,1-3H3. The van der Waals surface area contributed by atoms with Crippen LogP contribution in [0, 0.1) is 0 Å². The molecule has 0 bridgehead atoms. The summed E-state index contributed by atoms with van der Waals surface area (Å²) < 4.78 is 10.7. The molecule has 0 unspecified atom stereocenters. The molecular weight excluding hydrogens is 410 g/mol. The Morgan fingerprint density at radius 1 is 0.871 bits per heavy atom. The van der Waals surface area contributed by atoms with Crippen LogP contribution in [0.25, 0.3) is 5.57 Å². The van der Waals surface area contributed by atoms with Crippen LogP contribution in [0.3, 0.4) is 0 Å². The molecule has 2 aromatic carbocycles. The van der Waals surface area contributed by atoms with E-state index < -0.39 is 0 Å². The van der Waals surface area contributed by atoms with E-state index in [4.69, 9.17) is 9.47 Å². The molecule has 0 N–H and O–H groups in total. The van der Waals surface area contributed by atoms with Crippen LogP contribution in [0.5, 0.6) is 11.5 Å². The van der Waals surface area contributed by atoms with Crippen molar-refractivity contribution in [1.82, 2.24) is 4.90 Å². The zero-order valence-corrected chi connectivity index (χ0v) is 19.2. The van der Waals surface area contributed by atoms with Crippen LogP contribution in [0.15, 0.2) is 53.4 Å². The Morgan fingerprint density at radius 2 is 1.61 bits per heavy atom. The number of benzene rings is 2. The van der Waals surface area contributed by atoms with Gasteiger partial charge in [0.1, 0.15) is 0 Å². The van der Waals surface area contributed by atoms with Crippen LogP contribution < -0.4 is 9.47 Å². The van der Waals surface area contributed by atoms with Gasteiger partial charge in [-0.05, 0) is 29.7 Å². The van der Waals surface area contributed by atoms with Gasteiger partial charge in [0, 0.05) is 12.3 Å². The normalized spacial score (nSPS) is 13.8. The van der Waals surface area contributed by atoms with E-state index >= 15 is 0 Å². The van der Waals surface area contributed by atoms with Crippen molar-refractivity contribution in [3.63, 3.8) is 0 Å². The van der Waals surface area contributed by atoms with Gasteiger partial charge >= 0.3 is 0 Å². The Balaban J connectivity index is 1.92. The van der Waals surface area contributed by atoms with Gasteiger partial charge in [0.05, 0.1) is 24.7 Å². The second-order valence-electron chi connectivity index (χ2n) is 7.37. The number of rotatable bonds is 11. The Kier molecular flexibility index (Phi) is 8.18. The van der Waals surface area contributed by atoms with E-state index in [9.17, 15) is 9.59 Å². The van der Waals surface area contributed by atoms with Crippen molar-refractivity contribution in [2.24, 2.45) is 0 Å². The lowest BCUT2D eigenvalue weighted by molar-refractivity contribution is -0.136. The summed E-state index contributed by atoms with van der Waals surface area (Å²) in [6, 6.07) is 15.3. The average Bonchev–Trinajstić information content (AvgIpc) is 3.04. The molecule has 0 aliphatic carbocycles. The first-order valence-corrected chi connectivity index (χ1v) is 11.6. The molecule has 0 spiro atoms. The molecule has 1 heterocycles. The Labute approximate surface area is 188 Å². The molecule has 0 saturated carbocycles. The highest BCUT2D eigenvalue weighted by molar-refractivity contribution is 8.03. The van der Waals surface area contributed by atoms with Crippen molar-refractivity contribution >= 4 is 29.1 Å². The monoisotopic (exact) mass is 439 g/mol. The number of hydrogen-bond acceptors (Lipinski definition) is 5. The molecule has 0 saturated heterocycles. The summed E-state index contributed by atoms with van der Waals surface area (Å²) in [4.78, 5) is 28.4. The van der Waals surface area contributed by atoms with Gasteiger partial charge in [-0.15, -0.1) is 11.8 Å². The van der Waals surface area contributed by atoms with Gasteiger partial charge < -0.3 is 9.47 Å². The molecule has 0 atom stereocenters. The van der Waals surface area contributed by atoms with Gasteiger partial charge in [-0.1, -0.05) is 62.6 Å². The van der Waals surface area contributed by atoms with Gasteiger partial charge in [0.2, 0.25) is 0 Å². The molecule has 1 aliphatic rings. The van der Waals surface area contributed by atoms with Crippen molar-refractivity contribution in [3.05, 3.63) is 64.6 Å². The minimum absolute atomic E-state index is 0.202. The maximum absolute atomic E-state index is 13.3. The summed E-state index contributed by atoms with van der Waals surface area (Å²) in [5.41, 5.74) is 2.22. The number of thioether (sulfide) groups is 1. The summed E-state index contributed by atoms with van der Waals surface area (Å²) in [5, 5.41) is 0. The number of carbonyl (C=O) groups excluding carboxylic acids is 2. The molecule has 3 rings (SSSR count). The lowest BCUT2D eigenvalue weighted by Crippen LogP contribution is -2.32. The Bertz CT molecular complexity index is 955. The zero-order valence-electron chi connectivity index (χ0n) is 18.3. The van der Waals surface area contributed by atoms with Gasteiger partial charge in [-0.25, -0.2) is 0 Å². The van der Waals surface area contributed by atoms with Gasteiger partial charge in [0.15, 0.2) is 11.5 Å². The molecule has 164 valence electrons. The fourth-order valence-electron chi connectivity index (χ4n) is 3.56. The van der Waals surface area contributed by atoms with E-state index in [2.05, 4.69) is 6.92 Å². The molecule has 0 radical (unpaired) electrons. The van der Waals surface area contributed by atoms with Crippen molar-refractivity contribution in [3.8, 4) is 11.5 Å². The maximum atomic E-state index is 13.3. The van der Waals surface area contributed by atoms with Crippen LogP contribution in [0.4, 0.5) is 0 Å². The van der Waals surface area contributed by atoms with E-state index in [0.29, 0.717) is 39.8 Å². The van der Waals surface area contributed by atoms with Gasteiger partial charge in [-0.3, -0.25) is 14.5 Å². The summed E-state index contributed by atoms with van der Waals surface area (Å²) in [6.07, 6.45) is 4.03. The first-order valence-electron chi connectivity index (χ1n) is 10.6. The van der Waals surface area contributed by atoms with E-state index in [1.54, 1.807) is 26.4 Å². The number of amides is 2. The lowest BCUT2D eigenvalue weighted by Gasteiger charge is -2.15. The number of nitrogens with zero attached hydrogens (tertiary/aromatic N) is 1. The zero-order chi connectivity index (χ0) is 22.2. The molecule has 0 fully saturated rings. The first kappa shape index (κ1) is 22.9. The van der Waals surface area contributed by atoms with E-state index in [-0.39, 0.29) is 11.8 Å². The molecule has 6 heteroatoms. The van der Waals surface area contributed by atoms with Crippen molar-refractivity contribution in [2.75, 3.05) is 20.8 Å². The first-order chi connectivity index (χ1) is 15.1. The molecule has 2 amide bonds. The second-order valence-corrected chi connectivity index (χ2v) is 8.36. The largest absolute Gasteiger partial charge is 0.493 e. The van der Waals surface area contributed by atoms with Crippen LogP contribution in [0.2, 0.25) is 0 Å². The molecule has 1 aliphatic heterocycles. The summed E-state index contributed by atoms with van der Waals surface area (Å²) in [7, 11) is 3.13. The minimum Gasteiger partial charge on any atom is -0.493 e. The molecular formula is C25H29NO4S. The Hall–Kier alpha value is -2.73. The molecule has 31 heavy (non-hydrogen) atoms. The fourth-order valence-corrected chi connectivity index (χ4v) is 4.65. The van der Waals surface area contributed by atoms with Crippen LogP contribution in [-0.2, 0) is 15.3 Å². The predicted octanol–water partition coefficient (Wildman–Crippen LogP) is 5.30. The minimum atomic E-state index is -0.232. The summed E-state index contributed by atoms with van der Waals surface area (Å²) >= 11 is 1.42. The van der Waals surface area contributed by atoms with Crippen molar-refractivity contribution in [1.29, 1.82) is 0 Å².